The van der Waals surface area contributed by atoms with Gasteiger partial charge in [-0.05, 0) is 24.6 Å². The second-order valence-corrected chi connectivity index (χ2v) is 3.33. The summed E-state index contributed by atoms with van der Waals surface area (Å²) in [5, 5.41) is 5.51. The quantitative estimate of drug-likeness (QED) is 0.784. The summed E-state index contributed by atoms with van der Waals surface area (Å²) in [6.45, 7) is 2.12. The maximum atomic E-state index is 12.9. The van der Waals surface area contributed by atoms with Crippen LogP contribution in [0, 0.1) is 5.82 Å². The van der Waals surface area contributed by atoms with E-state index in [0.717, 1.165) is 5.56 Å². The molecule has 1 amide bonds. The summed E-state index contributed by atoms with van der Waals surface area (Å²) in [5.74, 6) is -0.348. The third kappa shape index (κ3) is 3.67. The van der Waals surface area contributed by atoms with Gasteiger partial charge in [0.05, 0.1) is 6.54 Å². The van der Waals surface area contributed by atoms with Crippen LogP contribution in [0.1, 0.15) is 18.5 Å². The predicted octanol–water partition coefficient (Wildman–Crippen LogP) is 1.22. The lowest BCUT2D eigenvalue weighted by Crippen LogP contribution is -2.32. The number of nitrogens with one attached hydrogen (secondary N) is 2. The Bertz CT molecular complexity index is 341. The minimum atomic E-state index is -0.263. The summed E-state index contributed by atoms with van der Waals surface area (Å²) in [6.07, 6.45) is 0. The predicted molar refractivity (Wildman–Crippen MR) is 56.9 cm³/mol. The molecule has 1 atom stereocenters. The Balaban J connectivity index is 2.53. The summed E-state index contributed by atoms with van der Waals surface area (Å²) in [4.78, 5) is 11.0. The molecule has 0 spiro atoms. The Hall–Kier alpha value is -1.42. The Morgan fingerprint density at radius 3 is 2.87 bits per heavy atom. The van der Waals surface area contributed by atoms with Crippen molar-refractivity contribution in [1.29, 1.82) is 0 Å². The van der Waals surface area contributed by atoms with E-state index in [1.54, 1.807) is 13.1 Å². The lowest BCUT2D eigenvalue weighted by atomic mass is 10.1. The molecule has 0 aromatic heterocycles. The van der Waals surface area contributed by atoms with Crippen LogP contribution in [-0.2, 0) is 4.79 Å². The first-order chi connectivity index (χ1) is 7.13. The van der Waals surface area contributed by atoms with Gasteiger partial charge >= 0.3 is 0 Å². The van der Waals surface area contributed by atoms with Crippen LogP contribution in [0.3, 0.4) is 0 Å². The molecule has 82 valence electrons. The Morgan fingerprint density at radius 2 is 2.27 bits per heavy atom. The van der Waals surface area contributed by atoms with Gasteiger partial charge in [0.25, 0.3) is 0 Å². The molecule has 0 saturated carbocycles. The molecule has 15 heavy (non-hydrogen) atoms. The van der Waals surface area contributed by atoms with Crippen molar-refractivity contribution in [2.45, 2.75) is 13.0 Å². The Labute approximate surface area is 88.7 Å². The Morgan fingerprint density at radius 1 is 1.53 bits per heavy atom. The molecule has 0 bridgehead atoms. The van der Waals surface area contributed by atoms with E-state index >= 15 is 0 Å². The Kier molecular flexibility index (Phi) is 4.24. The zero-order valence-electron chi connectivity index (χ0n) is 8.88. The maximum Gasteiger partial charge on any atom is 0.233 e. The molecule has 0 heterocycles. The number of hydrogen-bond donors (Lipinski definition) is 2. The summed E-state index contributed by atoms with van der Waals surface area (Å²) >= 11 is 0. The highest BCUT2D eigenvalue weighted by molar-refractivity contribution is 5.77. The van der Waals surface area contributed by atoms with E-state index in [1.807, 2.05) is 13.0 Å². The number of carbonyl (C=O) groups is 1. The van der Waals surface area contributed by atoms with Gasteiger partial charge in [-0.15, -0.1) is 0 Å². The van der Waals surface area contributed by atoms with Gasteiger partial charge < -0.3 is 10.6 Å². The van der Waals surface area contributed by atoms with E-state index in [4.69, 9.17) is 0 Å². The van der Waals surface area contributed by atoms with Crippen LogP contribution in [0.2, 0.25) is 0 Å². The van der Waals surface area contributed by atoms with Crippen LogP contribution in [0.5, 0.6) is 0 Å². The van der Waals surface area contributed by atoms with E-state index in [9.17, 15) is 9.18 Å². The van der Waals surface area contributed by atoms with E-state index in [0.29, 0.717) is 0 Å². The standard InChI is InChI=1S/C11H15FN2O/c1-8(14-7-11(15)13-2)9-4-3-5-10(12)6-9/h3-6,8,14H,7H2,1-2H3,(H,13,15)/t8-/m1/s1. The van der Waals surface area contributed by atoms with Crippen molar-refractivity contribution in [1.82, 2.24) is 10.6 Å². The average molecular weight is 210 g/mol. The number of amides is 1. The van der Waals surface area contributed by atoms with Crippen LogP contribution >= 0.6 is 0 Å². The molecule has 0 unspecified atom stereocenters. The van der Waals surface area contributed by atoms with Crippen molar-refractivity contribution < 1.29 is 9.18 Å². The van der Waals surface area contributed by atoms with Gasteiger partial charge in [0.1, 0.15) is 5.82 Å². The molecule has 4 heteroatoms. The molecule has 1 aromatic rings. The molecule has 0 fully saturated rings. The van der Waals surface area contributed by atoms with E-state index in [-0.39, 0.29) is 24.3 Å². The number of benzene rings is 1. The molecule has 0 radical (unpaired) electrons. The summed E-state index contributed by atoms with van der Waals surface area (Å²) in [6, 6.07) is 6.29. The number of halogens is 1. The third-order valence-electron chi connectivity index (χ3n) is 2.20. The summed E-state index contributed by atoms with van der Waals surface area (Å²) in [7, 11) is 1.58. The van der Waals surface area contributed by atoms with Crippen LogP contribution < -0.4 is 10.6 Å². The van der Waals surface area contributed by atoms with Crippen molar-refractivity contribution >= 4 is 5.91 Å². The average Bonchev–Trinajstić information content (AvgIpc) is 2.25. The van der Waals surface area contributed by atoms with Gasteiger partial charge in [-0.1, -0.05) is 12.1 Å². The van der Waals surface area contributed by atoms with E-state index < -0.39 is 0 Å². The van der Waals surface area contributed by atoms with Gasteiger partial charge in [-0.3, -0.25) is 4.79 Å². The fourth-order valence-electron chi connectivity index (χ4n) is 1.23. The maximum absolute atomic E-state index is 12.9. The topological polar surface area (TPSA) is 41.1 Å². The molecule has 0 aliphatic carbocycles. The number of likely N-dealkylation sites (N-methyl/N-ethyl adjacent to an activating group) is 1. The molecule has 1 aromatic carbocycles. The molecule has 1 rings (SSSR count). The second kappa shape index (κ2) is 5.46. The lowest BCUT2D eigenvalue weighted by molar-refractivity contribution is -0.119. The fourth-order valence-corrected chi connectivity index (χ4v) is 1.23. The highest BCUT2D eigenvalue weighted by Crippen LogP contribution is 2.12. The largest absolute Gasteiger partial charge is 0.358 e. The molecule has 0 aliphatic heterocycles. The van der Waals surface area contributed by atoms with Crippen molar-refractivity contribution in [3.05, 3.63) is 35.6 Å². The first-order valence-electron chi connectivity index (χ1n) is 4.83. The highest BCUT2D eigenvalue weighted by atomic mass is 19.1. The number of rotatable bonds is 4. The van der Waals surface area contributed by atoms with Crippen LogP contribution in [0.4, 0.5) is 4.39 Å². The van der Waals surface area contributed by atoms with E-state index in [2.05, 4.69) is 10.6 Å². The van der Waals surface area contributed by atoms with Crippen molar-refractivity contribution in [3.63, 3.8) is 0 Å². The first-order valence-corrected chi connectivity index (χ1v) is 4.83. The van der Waals surface area contributed by atoms with Crippen molar-refractivity contribution in [3.8, 4) is 0 Å². The van der Waals surface area contributed by atoms with Gasteiger partial charge in [0.2, 0.25) is 5.91 Å². The van der Waals surface area contributed by atoms with Gasteiger partial charge in [0.15, 0.2) is 0 Å². The minimum Gasteiger partial charge on any atom is -0.358 e. The van der Waals surface area contributed by atoms with Crippen LogP contribution in [-0.4, -0.2) is 19.5 Å². The zero-order chi connectivity index (χ0) is 11.3. The SMILES string of the molecule is CNC(=O)CN[C@H](C)c1cccc(F)c1. The van der Waals surface area contributed by atoms with Crippen molar-refractivity contribution in [2.24, 2.45) is 0 Å². The molecular weight excluding hydrogens is 195 g/mol. The van der Waals surface area contributed by atoms with Crippen molar-refractivity contribution in [2.75, 3.05) is 13.6 Å². The fraction of sp³-hybridized carbons (Fsp3) is 0.364. The van der Waals surface area contributed by atoms with Crippen LogP contribution in [0.15, 0.2) is 24.3 Å². The third-order valence-corrected chi connectivity index (χ3v) is 2.20. The van der Waals surface area contributed by atoms with Gasteiger partial charge in [-0.2, -0.15) is 0 Å². The van der Waals surface area contributed by atoms with E-state index in [1.165, 1.54) is 12.1 Å². The zero-order valence-corrected chi connectivity index (χ0v) is 8.88. The normalized spacial score (nSPS) is 12.2. The molecule has 3 nitrogen and oxygen atoms in total. The smallest absolute Gasteiger partial charge is 0.233 e. The molecule has 0 aliphatic rings. The minimum absolute atomic E-state index is 0.0435. The number of hydrogen-bond acceptors (Lipinski definition) is 2. The second-order valence-electron chi connectivity index (χ2n) is 3.33. The van der Waals surface area contributed by atoms with Crippen LogP contribution in [0.25, 0.3) is 0 Å². The number of carbonyl (C=O) groups excluding carboxylic acids is 1. The summed E-state index contributed by atoms with van der Waals surface area (Å²) in [5.41, 5.74) is 0.832. The summed E-state index contributed by atoms with van der Waals surface area (Å²) < 4.78 is 12.9. The lowest BCUT2D eigenvalue weighted by Gasteiger charge is -2.13. The molecule has 0 saturated heterocycles. The molecule has 2 N–H and O–H groups in total. The monoisotopic (exact) mass is 210 g/mol. The van der Waals surface area contributed by atoms with Gasteiger partial charge in [-0.25, -0.2) is 4.39 Å². The highest BCUT2D eigenvalue weighted by Gasteiger charge is 2.06. The molecular formula is C11H15FN2O. The van der Waals surface area contributed by atoms with Gasteiger partial charge in [0, 0.05) is 13.1 Å². The first kappa shape index (κ1) is 11.7.